The second kappa shape index (κ2) is 10.7. The minimum absolute atomic E-state index is 0. The van der Waals surface area contributed by atoms with Gasteiger partial charge in [-0.2, -0.15) is 35.9 Å². The molecule has 0 amide bonds. The Hall–Kier alpha value is -4.01. The van der Waals surface area contributed by atoms with Gasteiger partial charge in [-0.25, -0.2) is 14.1 Å². The van der Waals surface area contributed by atoms with Crippen LogP contribution in [0.2, 0.25) is 0 Å². The van der Waals surface area contributed by atoms with Crippen LogP contribution in [0.25, 0.3) is 44.3 Å². The third kappa shape index (κ3) is 4.50. The molecular weight excluding hydrogens is 696 g/mol. The fourth-order valence-corrected chi connectivity index (χ4v) is 5.98. The number of hydrogen-bond donors (Lipinski definition) is 0. The number of nitrogens with zero attached hydrogens (tertiary/aromatic N) is 4. The van der Waals surface area contributed by atoms with Gasteiger partial charge < -0.3 is 4.57 Å². The molecule has 0 unspecified atom stereocenters. The molecule has 0 N–H and O–H groups in total. The van der Waals surface area contributed by atoms with Gasteiger partial charge in [0.05, 0.1) is 6.04 Å². The number of aromatic nitrogens is 4. The number of benzene rings is 4. The zero-order valence-electron chi connectivity index (χ0n) is 24.5. The SMILES string of the molecule is Cc1ccnc(-n2c3[c-]c(C(C)(C)c4[c-]c(-n5[cH+]n(C(C)C)c6ccccc65)ccc4)ccc3c3ccccc32)c1.[Pt]. The molecule has 0 aliphatic heterocycles. The van der Waals surface area contributed by atoms with Crippen molar-refractivity contribution in [3.05, 3.63) is 132 Å². The predicted molar refractivity (Wildman–Crippen MR) is 169 cm³/mol. The van der Waals surface area contributed by atoms with Crippen molar-refractivity contribution in [2.24, 2.45) is 0 Å². The van der Waals surface area contributed by atoms with E-state index in [-0.39, 0.29) is 26.5 Å². The first-order valence-electron chi connectivity index (χ1n) is 14.3. The minimum atomic E-state index is -0.331. The normalized spacial score (nSPS) is 12.0. The molecule has 7 rings (SSSR count). The molecule has 3 heterocycles. The summed E-state index contributed by atoms with van der Waals surface area (Å²) in [5, 5.41) is 2.39. The molecule has 0 bridgehead atoms. The minimum Gasteiger partial charge on any atom is -0.319 e. The van der Waals surface area contributed by atoms with E-state index in [9.17, 15) is 0 Å². The monoisotopic (exact) mass is 728 g/mol. The maximum atomic E-state index is 4.75. The van der Waals surface area contributed by atoms with E-state index in [2.05, 4.69) is 152 Å². The first-order valence-corrected chi connectivity index (χ1v) is 14.3. The van der Waals surface area contributed by atoms with Crippen molar-refractivity contribution < 1.29 is 21.1 Å². The van der Waals surface area contributed by atoms with Crippen molar-refractivity contribution in [3.8, 4) is 11.5 Å². The number of para-hydroxylation sites is 3. The van der Waals surface area contributed by atoms with E-state index in [0.717, 1.165) is 33.7 Å². The quantitative estimate of drug-likeness (QED) is 0.163. The molecule has 5 heteroatoms. The Kier molecular flexibility index (Phi) is 7.15. The Morgan fingerprint density at radius 1 is 0.762 bits per heavy atom. The molecule has 0 saturated heterocycles. The molecule has 3 aromatic heterocycles. The van der Waals surface area contributed by atoms with Crippen molar-refractivity contribution >= 4 is 32.8 Å². The van der Waals surface area contributed by atoms with Crippen LogP contribution in [0.1, 0.15) is 50.4 Å². The van der Waals surface area contributed by atoms with Crippen LogP contribution in [0.15, 0.2) is 104 Å². The number of hydrogen-bond acceptors (Lipinski definition) is 1. The number of fused-ring (bicyclic) bond motifs is 4. The van der Waals surface area contributed by atoms with Gasteiger partial charge in [0.25, 0.3) is 0 Å². The van der Waals surface area contributed by atoms with Crippen LogP contribution in [0.3, 0.4) is 0 Å². The average Bonchev–Trinajstić information content (AvgIpc) is 3.53. The number of rotatable bonds is 5. The van der Waals surface area contributed by atoms with Crippen molar-refractivity contribution in [1.29, 1.82) is 0 Å². The van der Waals surface area contributed by atoms with Crippen LogP contribution in [0.5, 0.6) is 0 Å². The smallest absolute Gasteiger partial charge is 0.188 e. The predicted octanol–water partition coefficient (Wildman–Crippen LogP) is 9.02. The summed E-state index contributed by atoms with van der Waals surface area (Å²) < 4.78 is 6.82. The van der Waals surface area contributed by atoms with Crippen LogP contribution in [0, 0.1) is 19.1 Å². The molecular formula is C37H33N4Pt-. The Labute approximate surface area is 261 Å². The van der Waals surface area contributed by atoms with Gasteiger partial charge in [0.1, 0.15) is 5.82 Å². The fraction of sp³-hybridized carbons (Fsp3) is 0.189. The van der Waals surface area contributed by atoms with Crippen molar-refractivity contribution in [2.75, 3.05) is 0 Å². The van der Waals surface area contributed by atoms with E-state index in [1.807, 2.05) is 12.3 Å². The fourth-order valence-electron chi connectivity index (χ4n) is 5.98. The summed E-state index contributed by atoms with van der Waals surface area (Å²) >= 11 is 0. The topological polar surface area (TPSA) is 27.7 Å². The Bertz CT molecular complexity index is 2080. The van der Waals surface area contributed by atoms with Gasteiger partial charge in [-0.1, -0.05) is 37.6 Å². The second-order valence-corrected chi connectivity index (χ2v) is 11.7. The standard InChI is InChI=1S/C37H33N4.Pt/c1-25(2)39-24-40(34-16-9-8-15-33(34)39)29-12-10-11-27(22-29)37(4,5)28-17-18-31-30-13-6-7-14-32(30)41(35(31)23-28)36-21-26(3)19-20-38-36;/h6-21,24-25H,1-5H3;/q-1;. The molecule has 0 saturated carbocycles. The van der Waals surface area contributed by atoms with E-state index in [1.165, 1.54) is 27.4 Å². The van der Waals surface area contributed by atoms with Crippen LogP contribution >= 0.6 is 0 Å². The zero-order chi connectivity index (χ0) is 28.3. The van der Waals surface area contributed by atoms with E-state index < -0.39 is 0 Å². The molecule has 7 aromatic rings. The molecule has 0 radical (unpaired) electrons. The molecule has 0 atom stereocenters. The summed E-state index contributed by atoms with van der Waals surface area (Å²) in [7, 11) is 0. The summed E-state index contributed by atoms with van der Waals surface area (Å²) in [6.07, 6.45) is 4.08. The van der Waals surface area contributed by atoms with Gasteiger partial charge in [0.2, 0.25) is 0 Å². The third-order valence-electron chi connectivity index (χ3n) is 8.32. The van der Waals surface area contributed by atoms with Crippen molar-refractivity contribution in [3.63, 3.8) is 0 Å². The Balaban J connectivity index is 0.00000316. The molecule has 212 valence electrons. The molecule has 4 nitrogen and oxygen atoms in total. The van der Waals surface area contributed by atoms with E-state index in [1.54, 1.807) is 0 Å². The first kappa shape index (κ1) is 28.1. The number of aryl methyl sites for hydroxylation is 1. The van der Waals surface area contributed by atoms with Gasteiger partial charge in [-0.05, 0) is 67.5 Å². The molecule has 4 aromatic carbocycles. The maximum Gasteiger partial charge on any atom is 0.188 e. The van der Waals surface area contributed by atoms with E-state index in [0.29, 0.717) is 6.04 Å². The summed E-state index contributed by atoms with van der Waals surface area (Å²) in [5.74, 6) is 0.911. The Morgan fingerprint density at radius 3 is 2.24 bits per heavy atom. The Morgan fingerprint density at radius 2 is 1.48 bits per heavy atom. The molecule has 0 spiro atoms. The number of pyridine rings is 1. The van der Waals surface area contributed by atoms with Crippen LogP contribution in [0.4, 0.5) is 0 Å². The van der Waals surface area contributed by atoms with Crippen molar-refractivity contribution in [1.82, 2.24) is 18.7 Å². The molecule has 0 aliphatic carbocycles. The average molecular weight is 729 g/mol. The van der Waals surface area contributed by atoms with Gasteiger partial charge in [-0.3, -0.25) is 0 Å². The third-order valence-corrected chi connectivity index (χ3v) is 8.32. The van der Waals surface area contributed by atoms with Gasteiger partial charge in [-0.15, -0.1) is 23.1 Å². The zero-order valence-corrected chi connectivity index (χ0v) is 26.8. The molecule has 0 fully saturated rings. The summed E-state index contributed by atoms with van der Waals surface area (Å²) in [4.78, 5) is 4.75. The van der Waals surface area contributed by atoms with Gasteiger partial charge in [0.15, 0.2) is 17.4 Å². The summed E-state index contributed by atoms with van der Waals surface area (Å²) in [6.45, 7) is 11.1. The molecule has 0 aliphatic rings. The van der Waals surface area contributed by atoms with Crippen LogP contribution in [-0.4, -0.2) is 18.7 Å². The van der Waals surface area contributed by atoms with E-state index >= 15 is 0 Å². The number of imidazole rings is 1. The molecule has 42 heavy (non-hydrogen) atoms. The maximum absolute atomic E-state index is 4.75. The van der Waals surface area contributed by atoms with Gasteiger partial charge in [0, 0.05) is 50.6 Å². The van der Waals surface area contributed by atoms with E-state index in [4.69, 9.17) is 4.98 Å². The first-order chi connectivity index (χ1) is 19.8. The largest absolute Gasteiger partial charge is 0.319 e. The van der Waals surface area contributed by atoms with Crippen LogP contribution < -0.4 is 0 Å². The summed E-state index contributed by atoms with van der Waals surface area (Å²) in [6, 6.07) is 40.2. The van der Waals surface area contributed by atoms with Crippen LogP contribution in [-0.2, 0) is 26.5 Å². The summed E-state index contributed by atoms with van der Waals surface area (Å²) in [5.41, 5.74) is 8.69. The van der Waals surface area contributed by atoms with Gasteiger partial charge >= 0.3 is 0 Å². The van der Waals surface area contributed by atoms with Crippen molar-refractivity contribution in [2.45, 2.75) is 46.1 Å². The second-order valence-electron chi connectivity index (χ2n) is 11.7.